The molecule has 0 aliphatic carbocycles. The van der Waals surface area contributed by atoms with Crippen LogP contribution in [0.2, 0.25) is 0 Å². The highest BCUT2D eigenvalue weighted by Crippen LogP contribution is 2.26. The molecule has 4 nitrogen and oxygen atoms in total. The number of nitrogens with one attached hydrogen (secondary N) is 1. The van der Waals surface area contributed by atoms with Crippen molar-refractivity contribution in [3.8, 4) is 0 Å². The summed E-state index contributed by atoms with van der Waals surface area (Å²) >= 11 is 4.90. The number of benzene rings is 1. The molecular formula is C14H17BrN2O2S2. The Morgan fingerprint density at radius 2 is 2.00 bits per heavy atom. The Kier molecular flexibility index (Phi) is 5.56. The zero-order valence-corrected chi connectivity index (χ0v) is 15.1. The van der Waals surface area contributed by atoms with Gasteiger partial charge in [-0.25, -0.2) is 8.42 Å². The van der Waals surface area contributed by atoms with E-state index in [9.17, 15) is 8.42 Å². The molecule has 1 aromatic heterocycles. The Morgan fingerprint density at radius 1 is 1.29 bits per heavy atom. The summed E-state index contributed by atoms with van der Waals surface area (Å²) < 4.78 is 27.7. The summed E-state index contributed by atoms with van der Waals surface area (Å²) in [6.45, 7) is 0.883. The summed E-state index contributed by atoms with van der Waals surface area (Å²) in [4.78, 5) is 1.22. The van der Waals surface area contributed by atoms with E-state index in [0.717, 1.165) is 14.9 Å². The molecule has 2 aromatic rings. The van der Waals surface area contributed by atoms with Crippen LogP contribution in [0.1, 0.15) is 10.4 Å². The van der Waals surface area contributed by atoms with Gasteiger partial charge in [0.15, 0.2) is 0 Å². The molecule has 21 heavy (non-hydrogen) atoms. The summed E-state index contributed by atoms with van der Waals surface area (Å²) in [5, 5.41) is 4.81. The highest BCUT2D eigenvalue weighted by atomic mass is 79.9. The quantitative estimate of drug-likeness (QED) is 0.826. The first-order chi connectivity index (χ1) is 9.96. The number of thiophene rings is 1. The van der Waals surface area contributed by atoms with Crippen molar-refractivity contribution in [3.63, 3.8) is 0 Å². The van der Waals surface area contributed by atoms with Gasteiger partial charge in [0.2, 0.25) is 10.0 Å². The molecule has 0 saturated heterocycles. The van der Waals surface area contributed by atoms with Crippen molar-refractivity contribution in [3.05, 3.63) is 50.6 Å². The molecule has 0 saturated carbocycles. The van der Waals surface area contributed by atoms with Gasteiger partial charge in [0.25, 0.3) is 0 Å². The first-order valence-electron chi connectivity index (χ1n) is 6.37. The zero-order chi connectivity index (χ0) is 15.5. The van der Waals surface area contributed by atoms with Crippen LogP contribution in [-0.2, 0) is 23.1 Å². The van der Waals surface area contributed by atoms with Crippen LogP contribution < -0.4 is 5.32 Å². The van der Waals surface area contributed by atoms with Gasteiger partial charge in [0, 0.05) is 29.5 Å². The van der Waals surface area contributed by atoms with E-state index in [2.05, 4.69) is 21.2 Å². The molecule has 1 N–H and O–H groups in total. The molecule has 0 fully saturated rings. The van der Waals surface area contributed by atoms with Crippen molar-refractivity contribution in [1.82, 2.24) is 9.62 Å². The molecule has 0 bridgehead atoms. The third-order valence-corrected chi connectivity index (χ3v) is 6.79. The van der Waals surface area contributed by atoms with Crippen molar-refractivity contribution >= 4 is 37.3 Å². The maximum absolute atomic E-state index is 12.7. The average molecular weight is 389 g/mol. The van der Waals surface area contributed by atoms with E-state index in [1.54, 1.807) is 20.2 Å². The van der Waals surface area contributed by atoms with E-state index >= 15 is 0 Å². The van der Waals surface area contributed by atoms with E-state index in [-0.39, 0.29) is 0 Å². The topological polar surface area (TPSA) is 49.4 Å². The fourth-order valence-corrected chi connectivity index (χ4v) is 4.95. The fourth-order valence-electron chi connectivity index (χ4n) is 1.97. The van der Waals surface area contributed by atoms with Crippen molar-refractivity contribution < 1.29 is 8.42 Å². The van der Waals surface area contributed by atoms with Gasteiger partial charge in [0.05, 0.1) is 4.90 Å². The molecule has 114 valence electrons. The third kappa shape index (κ3) is 3.73. The van der Waals surface area contributed by atoms with Gasteiger partial charge >= 0.3 is 0 Å². The van der Waals surface area contributed by atoms with E-state index < -0.39 is 10.0 Å². The van der Waals surface area contributed by atoms with Crippen LogP contribution in [0.5, 0.6) is 0 Å². The van der Waals surface area contributed by atoms with Crippen molar-refractivity contribution in [1.29, 1.82) is 0 Å². The van der Waals surface area contributed by atoms with Crippen LogP contribution in [-0.4, -0.2) is 26.8 Å². The minimum Gasteiger partial charge on any atom is -0.315 e. The fraction of sp³-hybridized carbons (Fsp3) is 0.286. The predicted octanol–water partition coefficient (Wildman–Crippen LogP) is 3.05. The number of sulfonamides is 1. The monoisotopic (exact) mass is 388 g/mol. The molecule has 0 aliphatic heterocycles. The average Bonchev–Trinajstić information content (AvgIpc) is 2.90. The van der Waals surface area contributed by atoms with Gasteiger partial charge in [-0.2, -0.15) is 4.31 Å². The normalized spacial score (nSPS) is 12.0. The maximum atomic E-state index is 12.7. The molecule has 7 heteroatoms. The Bertz CT molecular complexity index is 713. The third-order valence-electron chi connectivity index (χ3n) is 3.08. The Morgan fingerprint density at radius 3 is 2.67 bits per heavy atom. The number of halogens is 1. The van der Waals surface area contributed by atoms with Crippen LogP contribution in [0.15, 0.2) is 45.1 Å². The maximum Gasteiger partial charge on any atom is 0.244 e. The molecule has 1 heterocycles. The number of rotatable bonds is 6. The van der Waals surface area contributed by atoms with E-state index in [4.69, 9.17) is 0 Å². The van der Waals surface area contributed by atoms with Crippen LogP contribution in [0.25, 0.3) is 0 Å². The van der Waals surface area contributed by atoms with Gasteiger partial charge in [-0.3, -0.25) is 0 Å². The van der Waals surface area contributed by atoms with E-state index in [1.807, 2.05) is 29.6 Å². The highest BCUT2D eigenvalue weighted by Gasteiger charge is 2.25. The molecule has 0 radical (unpaired) electrons. The molecule has 0 spiro atoms. The zero-order valence-electron chi connectivity index (χ0n) is 11.8. The largest absolute Gasteiger partial charge is 0.315 e. The van der Waals surface area contributed by atoms with Gasteiger partial charge in [0.1, 0.15) is 0 Å². The second-order valence-electron chi connectivity index (χ2n) is 4.59. The van der Waals surface area contributed by atoms with Crippen molar-refractivity contribution in [2.75, 3.05) is 14.1 Å². The van der Waals surface area contributed by atoms with E-state index in [0.29, 0.717) is 18.0 Å². The highest BCUT2D eigenvalue weighted by molar-refractivity contribution is 9.10. The lowest BCUT2D eigenvalue weighted by atomic mass is 10.2. The van der Waals surface area contributed by atoms with E-state index in [1.165, 1.54) is 15.6 Å². The lowest BCUT2D eigenvalue weighted by molar-refractivity contribution is 0.465. The van der Waals surface area contributed by atoms with Crippen molar-refractivity contribution in [2.24, 2.45) is 0 Å². The second kappa shape index (κ2) is 7.02. The lowest BCUT2D eigenvalue weighted by Crippen LogP contribution is -2.27. The van der Waals surface area contributed by atoms with Gasteiger partial charge in [-0.15, -0.1) is 11.3 Å². The molecule has 2 rings (SSSR count). The standard InChI is InChI=1S/C14H17BrN2O2S2/c1-16-9-13-14(7-8-20-13)21(18,19)17(2)10-11-5-3-4-6-12(11)15/h3-8,16H,9-10H2,1-2H3. The number of hydrogen-bond donors (Lipinski definition) is 1. The van der Waals surface area contributed by atoms with Crippen LogP contribution in [0.3, 0.4) is 0 Å². The minimum absolute atomic E-state index is 0.332. The summed E-state index contributed by atoms with van der Waals surface area (Å²) in [6, 6.07) is 9.30. The van der Waals surface area contributed by atoms with Gasteiger partial charge in [-0.05, 0) is 30.1 Å². The Labute approximate surface area is 138 Å². The minimum atomic E-state index is -3.48. The Balaban J connectivity index is 2.27. The molecule has 0 unspecified atom stereocenters. The molecule has 1 aromatic carbocycles. The van der Waals surface area contributed by atoms with Crippen LogP contribution in [0.4, 0.5) is 0 Å². The summed E-state index contributed by atoms with van der Waals surface area (Å²) in [7, 11) is -0.0673. The molecular weight excluding hydrogens is 372 g/mol. The Hall–Kier alpha value is -0.730. The summed E-state index contributed by atoms with van der Waals surface area (Å²) in [5.41, 5.74) is 0.939. The predicted molar refractivity (Wildman–Crippen MR) is 89.9 cm³/mol. The van der Waals surface area contributed by atoms with Gasteiger partial charge in [-0.1, -0.05) is 34.1 Å². The van der Waals surface area contributed by atoms with Crippen LogP contribution >= 0.6 is 27.3 Å². The van der Waals surface area contributed by atoms with Crippen molar-refractivity contribution in [2.45, 2.75) is 18.0 Å². The number of hydrogen-bond acceptors (Lipinski definition) is 4. The lowest BCUT2D eigenvalue weighted by Gasteiger charge is -2.18. The smallest absolute Gasteiger partial charge is 0.244 e. The molecule has 0 aliphatic rings. The first-order valence-corrected chi connectivity index (χ1v) is 9.49. The number of nitrogens with zero attached hydrogens (tertiary/aromatic N) is 1. The summed E-state index contributed by atoms with van der Waals surface area (Å²) in [6.07, 6.45) is 0. The summed E-state index contributed by atoms with van der Waals surface area (Å²) in [5.74, 6) is 0. The second-order valence-corrected chi connectivity index (χ2v) is 8.46. The van der Waals surface area contributed by atoms with Crippen LogP contribution in [0, 0.1) is 0 Å². The molecule has 0 atom stereocenters. The molecule has 0 amide bonds. The SMILES string of the molecule is CNCc1sccc1S(=O)(=O)N(C)Cc1ccccc1Br. The first kappa shape index (κ1) is 16.6. The van der Waals surface area contributed by atoms with Gasteiger partial charge < -0.3 is 5.32 Å².